The second kappa shape index (κ2) is 6.93. The van der Waals surface area contributed by atoms with Crippen molar-refractivity contribution in [1.82, 2.24) is 0 Å². The molecule has 0 atom stereocenters. The number of benzene rings is 3. The summed E-state index contributed by atoms with van der Waals surface area (Å²) in [6.45, 7) is 0. The van der Waals surface area contributed by atoms with Crippen LogP contribution in [0.4, 0.5) is 5.69 Å². The van der Waals surface area contributed by atoms with E-state index in [1.54, 1.807) is 4.90 Å². The maximum atomic E-state index is 12.5. The average Bonchev–Trinajstić information content (AvgIpc) is 2.62. The van der Waals surface area contributed by atoms with Crippen LogP contribution in [0.3, 0.4) is 0 Å². The molecular formula is C21H19NO. The highest BCUT2D eigenvalue weighted by Gasteiger charge is 2.13. The van der Waals surface area contributed by atoms with Gasteiger partial charge in [0.1, 0.15) is 0 Å². The second-order valence-electron chi connectivity index (χ2n) is 5.56. The third-order valence-electron chi connectivity index (χ3n) is 3.87. The molecule has 3 aromatic carbocycles. The zero-order chi connectivity index (χ0) is 16.1. The smallest absolute Gasteiger partial charge is 0.258 e. The Hall–Kier alpha value is -2.87. The van der Waals surface area contributed by atoms with Crippen molar-refractivity contribution in [2.24, 2.45) is 0 Å². The van der Waals surface area contributed by atoms with Crippen LogP contribution in [-0.2, 0) is 6.42 Å². The van der Waals surface area contributed by atoms with Gasteiger partial charge >= 0.3 is 0 Å². The Morgan fingerprint density at radius 1 is 0.783 bits per heavy atom. The van der Waals surface area contributed by atoms with Gasteiger partial charge in [-0.2, -0.15) is 0 Å². The normalized spacial score (nSPS) is 10.3. The van der Waals surface area contributed by atoms with Gasteiger partial charge in [0.05, 0.1) is 0 Å². The van der Waals surface area contributed by atoms with Crippen LogP contribution >= 0.6 is 0 Å². The fraction of sp³-hybridized carbons (Fsp3) is 0.0952. The van der Waals surface area contributed by atoms with E-state index in [9.17, 15) is 4.79 Å². The highest BCUT2D eigenvalue weighted by Crippen LogP contribution is 2.19. The third kappa shape index (κ3) is 3.67. The molecule has 3 aromatic rings. The molecule has 0 saturated heterocycles. The minimum absolute atomic E-state index is 0.00228. The highest BCUT2D eigenvalue weighted by molar-refractivity contribution is 6.05. The molecule has 0 heterocycles. The van der Waals surface area contributed by atoms with Gasteiger partial charge in [0.2, 0.25) is 0 Å². The summed E-state index contributed by atoms with van der Waals surface area (Å²) in [6.07, 6.45) is 0.863. The number of nitrogens with zero attached hydrogens (tertiary/aromatic N) is 1. The Kier molecular flexibility index (Phi) is 4.53. The monoisotopic (exact) mass is 301 g/mol. The van der Waals surface area contributed by atoms with Gasteiger partial charge in [-0.1, -0.05) is 60.7 Å². The number of amides is 1. The van der Waals surface area contributed by atoms with E-state index < -0.39 is 0 Å². The lowest BCUT2D eigenvalue weighted by atomic mass is 10.0. The first-order valence-electron chi connectivity index (χ1n) is 7.70. The van der Waals surface area contributed by atoms with Crippen LogP contribution in [0.25, 0.3) is 0 Å². The van der Waals surface area contributed by atoms with E-state index in [0.717, 1.165) is 12.1 Å². The van der Waals surface area contributed by atoms with Crippen molar-refractivity contribution in [3.8, 4) is 0 Å². The average molecular weight is 301 g/mol. The van der Waals surface area contributed by atoms with Crippen LogP contribution in [-0.4, -0.2) is 13.0 Å². The molecule has 3 rings (SSSR count). The SMILES string of the molecule is CN(C(=O)c1ccccc1)c1cccc(Cc2ccccc2)c1. The minimum Gasteiger partial charge on any atom is -0.311 e. The lowest BCUT2D eigenvalue weighted by Crippen LogP contribution is -2.26. The van der Waals surface area contributed by atoms with Crippen molar-refractivity contribution in [3.05, 3.63) is 102 Å². The van der Waals surface area contributed by atoms with E-state index in [1.807, 2.05) is 67.7 Å². The molecule has 2 nitrogen and oxygen atoms in total. The number of carbonyl (C=O) groups excluding carboxylic acids is 1. The topological polar surface area (TPSA) is 20.3 Å². The molecule has 0 unspecified atom stereocenters. The van der Waals surface area contributed by atoms with Gasteiger partial charge in [0.15, 0.2) is 0 Å². The Morgan fingerprint density at radius 2 is 1.39 bits per heavy atom. The maximum Gasteiger partial charge on any atom is 0.258 e. The Morgan fingerprint density at radius 3 is 2.09 bits per heavy atom. The summed E-state index contributed by atoms with van der Waals surface area (Å²) >= 11 is 0. The summed E-state index contributed by atoms with van der Waals surface area (Å²) in [6, 6.07) is 27.8. The maximum absolute atomic E-state index is 12.5. The van der Waals surface area contributed by atoms with Gasteiger partial charge in [0, 0.05) is 18.3 Å². The summed E-state index contributed by atoms with van der Waals surface area (Å²) in [4.78, 5) is 14.2. The molecule has 0 aliphatic rings. The van der Waals surface area contributed by atoms with Crippen LogP contribution < -0.4 is 4.90 Å². The summed E-state index contributed by atoms with van der Waals surface area (Å²) in [7, 11) is 1.82. The second-order valence-corrected chi connectivity index (χ2v) is 5.56. The van der Waals surface area contributed by atoms with Crippen molar-refractivity contribution >= 4 is 11.6 Å². The number of hydrogen-bond acceptors (Lipinski definition) is 1. The van der Waals surface area contributed by atoms with Crippen LogP contribution in [0.15, 0.2) is 84.9 Å². The van der Waals surface area contributed by atoms with E-state index >= 15 is 0 Å². The van der Waals surface area contributed by atoms with Crippen LogP contribution in [0.1, 0.15) is 21.5 Å². The molecule has 0 spiro atoms. The van der Waals surface area contributed by atoms with Gasteiger partial charge in [-0.25, -0.2) is 0 Å². The lowest BCUT2D eigenvalue weighted by Gasteiger charge is -2.18. The molecule has 0 aliphatic carbocycles. The van der Waals surface area contributed by atoms with Crippen LogP contribution in [0.5, 0.6) is 0 Å². The largest absolute Gasteiger partial charge is 0.311 e. The Labute approximate surface area is 137 Å². The molecule has 1 amide bonds. The van der Waals surface area contributed by atoms with Crippen molar-refractivity contribution in [2.75, 3.05) is 11.9 Å². The number of hydrogen-bond donors (Lipinski definition) is 0. The molecule has 114 valence electrons. The van der Waals surface area contributed by atoms with Crippen LogP contribution in [0, 0.1) is 0 Å². The molecule has 0 N–H and O–H groups in total. The molecular weight excluding hydrogens is 282 g/mol. The number of carbonyl (C=O) groups is 1. The van der Waals surface area contributed by atoms with E-state index in [1.165, 1.54) is 11.1 Å². The number of rotatable bonds is 4. The Bertz CT molecular complexity index is 781. The quantitative estimate of drug-likeness (QED) is 0.692. The predicted molar refractivity (Wildman–Crippen MR) is 94.9 cm³/mol. The highest BCUT2D eigenvalue weighted by atomic mass is 16.2. The van der Waals surface area contributed by atoms with Crippen molar-refractivity contribution in [2.45, 2.75) is 6.42 Å². The molecule has 23 heavy (non-hydrogen) atoms. The third-order valence-corrected chi connectivity index (χ3v) is 3.87. The fourth-order valence-corrected chi connectivity index (χ4v) is 2.60. The van der Waals surface area contributed by atoms with Gasteiger partial charge in [-0.3, -0.25) is 4.79 Å². The minimum atomic E-state index is 0.00228. The van der Waals surface area contributed by atoms with E-state index in [2.05, 4.69) is 24.3 Å². The summed E-state index contributed by atoms with van der Waals surface area (Å²) in [5, 5.41) is 0. The summed E-state index contributed by atoms with van der Waals surface area (Å²) in [5.41, 5.74) is 4.07. The van der Waals surface area contributed by atoms with E-state index in [-0.39, 0.29) is 5.91 Å². The lowest BCUT2D eigenvalue weighted by molar-refractivity contribution is 0.0993. The summed E-state index contributed by atoms with van der Waals surface area (Å²) in [5.74, 6) is 0.00228. The molecule has 0 radical (unpaired) electrons. The first-order chi connectivity index (χ1) is 11.2. The molecule has 0 fully saturated rings. The first-order valence-corrected chi connectivity index (χ1v) is 7.70. The molecule has 0 aromatic heterocycles. The van der Waals surface area contributed by atoms with Gasteiger partial charge in [-0.05, 0) is 41.8 Å². The predicted octanol–water partition coefficient (Wildman–Crippen LogP) is 4.55. The van der Waals surface area contributed by atoms with Crippen LogP contribution in [0.2, 0.25) is 0 Å². The van der Waals surface area contributed by atoms with Crippen molar-refractivity contribution in [1.29, 1.82) is 0 Å². The van der Waals surface area contributed by atoms with Crippen molar-refractivity contribution < 1.29 is 4.79 Å². The Balaban J connectivity index is 1.80. The number of anilines is 1. The zero-order valence-corrected chi connectivity index (χ0v) is 13.1. The summed E-state index contributed by atoms with van der Waals surface area (Å²) < 4.78 is 0. The van der Waals surface area contributed by atoms with E-state index in [0.29, 0.717) is 5.56 Å². The standard InChI is InChI=1S/C21H19NO/c1-22(21(23)19-12-6-3-7-13-19)20-14-8-11-18(16-20)15-17-9-4-2-5-10-17/h2-14,16H,15H2,1H3. The first kappa shape index (κ1) is 15.0. The van der Waals surface area contributed by atoms with Gasteiger partial charge in [0.25, 0.3) is 5.91 Å². The molecule has 0 aliphatic heterocycles. The molecule has 0 bridgehead atoms. The zero-order valence-electron chi connectivity index (χ0n) is 13.1. The fourth-order valence-electron chi connectivity index (χ4n) is 2.60. The van der Waals surface area contributed by atoms with Crippen molar-refractivity contribution in [3.63, 3.8) is 0 Å². The van der Waals surface area contributed by atoms with Gasteiger partial charge < -0.3 is 4.90 Å². The van der Waals surface area contributed by atoms with Gasteiger partial charge in [-0.15, -0.1) is 0 Å². The molecule has 2 heteroatoms. The molecule has 0 saturated carbocycles. The van der Waals surface area contributed by atoms with E-state index in [4.69, 9.17) is 0 Å².